The van der Waals surface area contributed by atoms with Crippen LogP contribution in [0.15, 0.2) is 12.1 Å². The van der Waals surface area contributed by atoms with Crippen molar-refractivity contribution in [1.29, 1.82) is 5.26 Å². The molecule has 0 aromatic heterocycles. The second-order valence-corrected chi connectivity index (χ2v) is 4.17. The van der Waals surface area contributed by atoms with Crippen molar-refractivity contribution in [2.24, 2.45) is 0 Å². The predicted molar refractivity (Wildman–Crippen MR) is 68.2 cm³/mol. The molecule has 1 N–H and O–H groups in total. The highest BCUT2D eigenvalue weighted by Crippen LogP contribution is 2.34. The molecular weight excluding hydrogens is 337 g/mol. The topological polar surface area (TPSA) is 79.5 Å². The number of benzene rings is 1. The van der Waals surface area contributed by atoms with Gasteiger partial charge in [0.15, 0.2) is 18.1 Å². The second-order valence-electron chi connectivity index (χ2n) is 3.01. The van der Waals surface area contributed by atoms with E-state index in [2.05, 4.69) is 0 Å². The Bertz CT molecular complexity index is 467. The molecule has 0 aliphatic rings. The molecule has 0 amide bonds. The van der Waals surface area contributed by atoms with E-state index in [-0.39, 0.29) is 0 Å². The Labute approximate surface area is 112 Å². The molecular formula is C11H10INO4. The lowest BCUT2D eigenvalue weighted by Crippen LogP contribution is -2.11. The largest absolute Gasteiger partial charge is 0.490 e. The van der Waals surface area contributed by atoms with Crippen molar-refractivity contribution in [2.45, 2.75) is 6.92 Å². The Morgan fingerprint density at radius 1 is 1.53 bits per heavy atom. The number of hydrogen-bond acceptors (Lipinski definition) is 4. The number of halogens is 1. The van der Waals surface area contributed by atoms with Crippen LogP contribution in [0.5, 0.6) is 11.5 Å². The van der Waals surface area contributed by atoms with Gasteiger partial charge in [0, 0.05) is 6.07 Å². The number of carboxylic acid groups (broad SMARTS) is 1. The van der Waals surface area contributed by atoms with Crippen LogP contribution in [0.25, 0.3) is 0 Å². The molecule has 1 aromatic carbocycles. The van der Waals surface area contributed by atoms with E-state index in [9.17, 15) is 4.79 Å². The first kappa shape index (κ1) is 13.6. The van der Waals surface area contributed by atoms with Crippen molar-refractivity contribution >= 4 is 28.6 Å². The summed E-state index contributed by atoms with van der Waals surface area (Å²) < 4.78 is 11.1. The number of ether oxygens (including phenoxy) is 2. The van der Waals surface area contributed by atoms with E-state index in [4.69, 9.17) is 19.8 Å². The van der Waals surface area contributed by atoms with Crippen LogP contribution in [0.3, 0.4) is 0 Å². The third-order valence-electron chi connectivity index (χ3n) is 1.78. The van der Waals surface area contributed by atoms with Crippen LogP contribution < -0.4 is 9.47 Å². The normalized spacial score (nSPS) is 9.47. The van der Waals surface area contributed by atoms with E-state index in [0.29, 0.717) is 27.2 Å². The number of aliphatic carboxylic acids is 1. The summed E-state index contributed by atoms with van der Waals surface area (Å²) in [5.74, 6) is -0.321. The lowest BCUT2D eigenvalue weighted by atomic mass is 10.2. The Hall–Kier alpha value is -1.49. The molecule has 0 spiro atoms. The maximum absolute atomic E-state index is 10.5. The minimum atomic E-state index is -1.06. The van der Waals surface area contributed by atoms with Crippen molar-refractivity contribution in [1.82, 2.24) is 0 Å². The third-order valence-corrected chi connectivity index (χ3v) is 2.58. The summed E-state index contributed by atoms with van der Waals surface area (Å²) in [6, 6.07) is 5.14. The quantitative estimate of drug-likeness (QED) is 0.825. The van der Waals surface area contributed by atoms with Crippen LogP contribution >= 0.6 is 22.6 Å². The van der Waals surface area contributed by atoms with Crippen LogP contribution in [0.2, 0.25) is 0 Å². The number of carbonyl (C=O) groups is 1. The summed E-state index contributed by atoms with van der Waals surface area (Å²) in [7, 11) is 0. The molecule has 0 fully saturated rings. The Balaban J connectivity index is 3.08. The smallest absolute Gasteiger partial charge is 0.341 e. The van der Waals surface area contributed by atoms with Gasteiger partial charge in [-0.05, 0) is 35.6 Å². The molecule has 6 heteroatoms. The van der Waals surface area contributed by atoms with E-state index in [1.165, 1.54) is 6.07 Å². The van der Waals surface area contributed by atoms with Crippen molar-refractivity contribution in [3.8, 4) is 17.6 Å². The van der Waals surface area contributed by atoms with Gasteiger partial charge < -0.3 is 14.6 Å². The van der Waals surface area contributed by atoms with Gasteiger partial charge in [-0.2, -0.15) is 5.26 Å². The number of carboxylic acids is 1. The van der Waals surface area contributed by atoms with Crippen LogP contribution in [0.4, 0.5) is 0 Å². The summed E-state index contributed by atoms with van der Waals surface area (Å²) in [6.07, 6.45) is 0. The lowest BCUT2D eigenvalue weighted by Gasteiger charge is -2.12. The standard InChI is InChI=1S/C11H10INO4/c1-2-16-9-4-7(5-13)3-8(12)11(9)17-6-10(14)15/h3-4H,2,6H2,1H3,(H,14,15). The number of hydrogen-bond donors (Lipinski definition) is 1. The molecule has 0 unspecified atom stereocenters. The van der Waals surface area contributed by atoms with Gasteiger partial charge >= 0.3 is 5.97 Å². The average Bonchev–Trinajstić information content (AvgIpc) is 2.27. The van der Waals surface area contributed by atoms with Crippen molar-refractivity contribution in [3.63, 3.8) is 0 Å². The monoisotopic (exact) mass is 347 g/mol. The molecule has 0 saturated heterocycles. The molecule has 1 rings (SSSR count). The van der Waals surface area contributed by atoms with Crippen molar-refractivity contribution < 1.29 is 19.4 Å². The van der Waals surface area contributed by atoms with Crippen molar-refractivity contribution in [3.05, 3.63) is 21.3 Å². The SMILES string of the molecule is CCOc1cc(C#N)cc(I)c1OCC(=O)O. The van der Waals surface area contributed by atoms with Gasteiger partial charge in [-0.25, -0.2) is 4.79 Å². The Kier molecular flexibility index (Phi) is 5.03. The van der Waals surface area contributed by atoms with E-state index < -0.39 is 12.6 Å². The van der Waals surface area contributed by atoms with E-state index in [1.54, 1.807) is 13.0 Å². The third kappa shape index (κ3) is 3.78. The number of nitriles is 1. The Morgan fingerprint density at radius 2 is 2.24 bits per heavy atom. The fourth-order valence-electron chi connectivity index (χ4n) is 1.17. The fraction of sp³-hybridized carbons (Fsp3) is 0.273. The summed E-state index contributed by atoms with van der Waals surface area (Å²) in [6.45, 7) is 1.77. The Morgan fingerprint density at radius 3 is 2.76 bits per heavy atom. The lowest BCUT2D eigenvalue weighted by molar-refractivity contribution is -0.139. The van der Waals surface area contributed by atoms with Gasteiger partial charge in [-0.3, -0.25) is 0 Å². The minimum absolute atomic E-state index is 0.355. The minimum Gasteiger partial charge on any atom is -0.490 e. The highest BCUT2D eigenvalue weighted by molar-refractivity contribution is 14.1. The molecule has 0 saturated carbocycles. The first-order chi connectivity index (χ1) is 8.08. The molecule has 0 atom stereocenters. The molecule has 0 radical (unpaired) electrons. The van der Waals surface area contributed by atoms with Gasteiger partial charge in [-0.1, -0.05) is 0 Å². The molecule has 1 aromatic rings. The zero-order valence-corrected chi connectivity index (χ0v) is 11.2. The van der Waals surface area contributed by atoms with Crippen LogP contribution in [-0.4, -0.2) is 24.3 Å². The first-order valence-corrected chi connectivity index (χ1v) is 5.87. The molecule has 0 aliphatic carbocycles. The maximum atomic E-state index is 10.5. The van der Waals surface area contributed by atoms with Crippen molar-refractivity contribution in [2.75, 3.05) is 13.2 Å². The van der Waals surface area contributed by atoms with Gasteiger partial charge in [-0.15, -0.1) is 0 Å². The fourth-order valence-corrected chi connectivity index (χ4v) is 1.93. The van der Waals surface area contributed by atoms with Gasteiger partial charge in [0.25, 0.3) is 0 Å². The molecule has 0 aliphatic heterocycles. The number of nitrogens with zero attached hydrogens (tertiary/aromatic N) is 1. The van der Waals surface area contributed by atoms with E-state index >= 15 is 0 Å². The predicted octanol–water partition coefficient (Wildman–Crippen LogP) is 2.02. The number of rotatable bonds is 5. The maximum Gasteiger partial charge on any atom is 0.341 e. The average molecular weight is 347 g/mol. The zero-order valence-electron chi connectivity index (χ0n) is 9.07. The van der Waals surface area contributed by atoms with E-state index in [0.717, 1.165) is 0 Å². The highest BCUT2D eigenvalue weighted by atomic mass is 127. The highest BCUT2D eigenvalue weighted by Gasteiger charge is 2.13. The van der Waals surface area contributed by atoms with E-state index in [1.807, 2.05) is 28.7 Å². The molecule has 5 nitrogen and oxygen atoms in total. The summed E-state index contributed by atoms with van der Waals surface area (Å²) in [5, 5.41) is 17.4. The first-order valence-electron chi connectivity index (χ1n) is 4.79. The van der Waals surface area contributed by atoms with Gasteiger partial charge in [0.2, 0.25) is 0 Å². The summed E-state index contributed by atoms with van der Waals surface area (Å²) in [5.41, 5.74) is 0.445. The summed E-state index contributed by atoms with van der Waals surface area (Å²) in [4.78, 5) is 10.5. The van der Waals surface area contributed by atoms with Gasteiger partial charge in [0.05, 0.1) is 21.8 Å². The van der Waals surface area contributed by atoms with Crippen LogP contribution in [0.1, 0.15) is 12.5 Å². The van der Waals surface area contributed by atoms with Crippen LogP contribution in [0, 0.1) is 14.9 Å². The second kappa shape index (κ2) is 6.30. The van der Waals surface area contributed by atoms with Gasteiger partial charge in [0.1, 0.15) is 0 Å². The summed E-state index contributed by atoms with van der Waals surface area (Å²) >= 11 is 1.97. The molecule has 90 valence electrons. The zero-order chi connectivity index (χ0) is 12.8. The molecule has 0 bridgehead atoms. The van der Waals surface area contributed by atoms with Crippen LogP contribution in [-0.2, 0) is 4.79 Å². The molecule has 17 heavy (non-hydrogen) atoms. The molecule has 0 heterocycles.